The average molecular weight is 280 g/mol. The standard InChI is InChI=1S/C18H20N2O/c1-14-12-16(20-10-4-5-11-20)9-8-15(14)13-19-17-6-2-3-7-18(17)21/h2-3,6-9,12-13,21H,4-5,10-11H2,1H3. The van der Waals surface area contributed by atoms with Crippen LogP contribution in [0.4, 0.5) is 11.4 Å². The van der Waals surface area contributed by atoms with Crippen molar-refractivity contribution >= 4 is 17.6 Å². The van der Waals surface area contributed by atoms with Crippen molar-refractivity contribution in [2.45, 2.75) is 19.8 Å². The van der Waals surface area contributed by atoms with Crippen molar-refractivity contribution in [3.05, 3.63) is 53.6 Å². The molecule has 0 bridgehead atoms. The molecule has 0 saturated carbocycles. The summed E-state index contributed by atoms with van der Waals surface area (Å²) in [7, 11) is 0. The second-order valence-corrected chi connectivity index (χ2v) is 5.48. The predicted molar refractivity (Wildman–Crippen MR) is 88.0 cm³/mol. The summed E-state index contributed by atoms with van der Waals surface area (Å²) in [6.07, 6.45) is 4.39. The first-order valence-corrected chi connectivity index (χ1v) is 7.42. The summed E-state index contributed by atoms with van der Waals surface area (Å²) in [5.74, 6) is 0.208. The van der Waals surface area contributed by atoms with E-state index in [1.807, 2.05) is 12.3 Å². The fourth-order valence-corrected chi connectivity index (χ4v) is 2.69. The number of nitrogens with zero attached hydrogens (tertiary/aromatic N) is 2. The number of benzene rings is 2. The van der Waals surface area contributed by atoms with Crippen LogP contribution in [0.1, 0.15) is 24.0 Å². The second kappa shape index (κ2) is 6.00. The number of aliphatic imine (C=N–C) groups is 1. The molecule has 2 aromatic rings. The Morgan fingerprint density at radius 3 is 2.57 bits per heavy atom. The number of phenols is 1. The van der Waals surface area contributed by atoms with Crippen molar-refractivity contribution in [1.29, 1.82) is 0 Å². The number of hydrogen-bond donors (Lipinski definition) is 1. The number of aryl methyl sites for hydroxylation is 1. The molecule has 1 fully saturated rings. The Bertz CT molecular complexity index is 658. The van der Waals surface area contributed by atoms with E-state index in [0.29, 0.717) is 5.69 Å². The van der Waals surface area contributed by atoms with E-state index >= 15 is 0 Å². The molecule has 0 aromatic heterocycles. The van der Waals surface area contributed by atoms with Crippen molar-refractivity contribution < 1.29 is 5.11 Å². The minimum atomic E-state index is 0.208. The molecule has 108 valence electrons. The molecule has 1 aliphatic rings. The van der Waals surface area contributed by atoms with Gasteiger partial charge in [0.25, 0.3) is 0 Å². The van der Waals surface area contributed by atoms with Crippen LogP contribution in [0.5, 0.6) is 5.75 Å². The third-order valence-electron chi connectivity index (χ3n) is 3.95. The van der Waals surface area contributed by atoms with Crippen molar-refractivity contribution in [2.24, 2.45) is 4.99 Å². The maximum absolute atomic E-state index is 9.73. The highest BCUT2D eigenvalue weighted by Gasteiger charge is 2.12. The zero-order valence-corrected chi connectivity index (χ0v) is 12.3. The zero-order chi connectivity index (χ0) is 14.7. The van der Waals surface area contributed by atoms with Gasteiger partial charge < -0.3 is 10.0 Å². The Kier molecular flexibility index (Phi) is 3.91. The summed E-state index contributed by atoms with van der Waals surface area (Å²) in [4.78, 5) is 6.80. The van der Waals surface area contributed by atoms with Crippen LogP contribution in [0, 0.1) is 6.92 Å². The number of hydrogen-bond acceptors (Lipinski definition) is 3. The van der Waals surface area contributed by atoms with Crippen LogP contribution in [-0.2, 0) is 0 Å². The summed E-state index contributed by atoms with van der Waals surface area (Å²) in [6, 6.07) is 13.6. The monoisotopic (exact) mass is 280 g/mol. The highest BCUT2D eigenvalue weighted by molar-refractivity contribution is 5.85. The van der Waals surface area contributed by atoms with E-state index in [9.17, 15) is 5.11 Å². The molecule has 1 aliphatic heterocycles. The van der Waals surface area contributed by atoms with Crippen LogP contribution in [0.15, 0.2) is 47.5 Å². The van der Waals surface area contributed by atoms with Gasteiger partial charge in [-0.1, -0.05) is 18.2 Å². The maximum Gasteiger partial charge on any atom is 0.141 e. The highest BCUT2D eigenvalue weighted by Crippen LogP contribution is 2.26. The van der Waals surface area contributed by atoms with E-state index in [1.54, 1.807) is 18.2 Å². The lowest BCUT2D eigenvalue weighted by molar-refractivity contribution is 0.477. The SMILES string of the molecule is Cc1cc(N2CCCC2)ccc1C=Nc1ccccc1O. The normalized spacial score (nSPS) is 15.0. The van der Waals surface area contributed by atoms with Crippen LogP contribution in [-0.4, -0.2) is 24.4 Å². The van der Waals surface area contributed by atoms with Crippen LogP contribution >= 0.6 is 0 Å². The molecule has 3 rings (SSSR count). The van der Waals surface area contributed by atoms with E-state index in [1.165, 1.54) is 24.1 Å². The van der Waals surface area contributed by atoms with Crippen molar-refractivity contribution in [2.75, 3.05) is 18.0 Å². The van der Waals surface area contributed by atoms with E-state index in [-0.39, 0.29) is 5.75 Å². The lowest BCUT2D eigenvalue weighted by atomic mass is 10.1. The summed E-state index contributed by atoms with van der Waals surface area (Å²) in [6.45, 7) is 4.42. The van der Waals surface area contributed by atoms with Gasteiger partial charge in [0.05, 0.1) is 0 Å². The van der Waals surface area contributed by atoms with Gasteiger partial charge in [-0.15, -0.1) is 0 Å². The number of anilines is 1. The molecule has 3 nitrogen and oxygen atoms in total. The van der Waals surface area contributed by atoms with Gasteiger partial charge in [-0.05, 0) is 55.2 Å². The zero-order valence-electron chi connectivity index (χ0n) is 12.3. The van der Waals surface area contributed by atoms with E-state index < -0.39 is 0 Å². The third-order valence-corrected chi connectivity index (χ3v) is 3.95. The van der Waals surface area contributed by atoms with Gasteiger partial charge in [0.1, 0.15) is 11.4 Å². The fourth-order valence-electron chi connectivity index (χ4n) is 2.69. The molecule has 2 aromatic carbocycles. The highest BCUT2D eigenvalue weighted by atomic mass is 16.3. The smallest absolute Gasteiger partial charge is 0.141 e. The molecule has 3 heteroatoms. The first kappa shape index (κ1) is 13.7. The van der Waals surface area contributed by atoms with Crippen molar-refractivity contribution in [1.82, 2.24) is 0 Å². The number of aromatic hydroxyl groups is 1. The summed E-state index contributed by atoms with van der Waals surface area (Å²) >= 11 is 0. The Balaban J connectivity index is 1.81. The molecule has 1 heterocycles. The van der Waals surface area contributed by atoms with Gasteiger partial charge in [-0.25, -0.2) is 0 Å². The molecule has 0 amide bonds. The first-order valence-electron chi connectivity index (χ1n) is 7.42. The molecule has 21 heavy (non-hydrogen) atoms. The first-order chi connectivity index (χ1) is 10.2. The van der Waals surface area contributed by atoms with Crippen molar-refractivity contribution in [3.63, 3.8) is 0 Å². The molecule has 1 N–H and O–H groups in total. The Morgan fingerprint density at radius 1 is 1.10 bits per heavy atom. The Morgan fingerprint density at radius 2 is 1.86 bits per heavy atom. The third kappa shape index (κ3) is 3.07. The Labute approximate surface area is 125 Å². The van der Waals surface area contributed by atoms with Gasteiger partial charge in [0.2, 0.25) is 0 Å². The van der Waals surface area contributed by atoms with Crippen LogP contribution < -0.4 is 4.90 Å². The molecular weight excluding hydrogens is 260 g/mol. The van der Waals surface area contributed by atoms with Gasteiger partial charge in [0, 0.05) is 25.0 Å². The molecule has 0 aliphatic carbocycles. The van der Waals surface area contributed by atoms with Gasteiger partial charge in [0.15, 0.2) is 0 Å². The summed E-state index contributed by atoms with van der Waals surface area (Å²) in [5.41, 5.74) is 4.19. The second-order valence-electron chi connectivity index (χ2n) is 5.48. The van der Waals surface area contributed by atoms with E-state index in [0.717, 1.165) is 18.7 Å². The van der Waals surface area contributed by atoms with Crippen LogP contribution in [0.2, 0.25) is 0 Å². The van der Waals surface area contributed by atoms with Crippen LogP contribution in [0.25, 0.3) is 0 Å². The van der Waals surface area contributed by atoms with Gasteiger partial charge in [-0.2, -0.15) is 0 Å². The lowest BCUT2D eigenvalue weighted by Gasteiger charge is -2.18. The maximum atomic E-state index is 9.73. The topological polar surface area (TPSA) is 35.8 Å². The minimum Gasteiger partial charge on any atom is -0.506 e. The largest absolute Gasteiger partial charge is 0.506 e. The lowest BCUT2D eigenvalue weighted by Crippen LogP contribution is -2.17. The molecule has 0 atom stereocenters. The minimum absolute atomic E-state index is 0.208. The average Bonchev–Trinajstić information content (AvgIpc) is 3.02. The van der Waals surface area contributed by atoms with Gasteiger partial charge >= 0.3 is 0 Å². The molecule has 1 saturated heterocycles. The van der Waals surface area contributed by atoms with Crippen molar-refractivity contribution in [3.8, 4) is 5.75 Å². The van der Waals surface area contributed by atoms with Crippen LogP contribution in [0.3, 0.4) is 0 Å². The molecular formula is C18H20N2O. The number of phenolic OH excluding ortho intramolecular Hbond substituents is 1. The summed E-state index contributed by atoms with van der Waals surface area (Å²) < 4.78 is 0. The Hall–Kier alpha value is -2.29. The molecule has 0 unspecified atom stereocenters. The quantitative estimate of drug-likeness (QED) is 0.861. The number of para-hydroxylation sites is 2. The van der Waals surface area contributed by atoms with E-state index in [4.69, 9.17) is 0 Å². The summed E-state index contributed by atoms with van der Waals surface area (Å²) in [5, 5.41) is 9.73. The molecule has 0 radical (unpaired) electrons. The van der Waals surface area contributed by atoms with Gasteiger partial charge in [-0.3, -0.25) is 4.99 Å². The predicted octanol–water partition coefficient (Wildman–Crippen LogP) is 4.05. The molecule has 0 spiro atoms. The van der Waals surface area contributed by atoms with E-state index in [2.05, 4.69) is 35.0 Å². The fraction of sp³-hybridized carbons (Fsp3) is 0.278. The number of rotatable bonds is 3.